The molecule has 0 fully saturated rings. The number of hydrogen-bond acceptors (Lipinski definition) is 3. The standard InChI is InChI=1S/C26H29NO2/c1-7-29-25(28)22-13-10-20(11-14-22)8-9-21-12-15-24-23(16-21)26(5,6)17-19(4)27(24)18(2)3/h10-16,18H,4,7,17H2,1-3,5-6H3. The number of rotatable bonds is 3. The number of hydrogen-bond donors (Lipinski definition) is 0. The molecule has 1 aliphatic rings. The molecule has 1 aliphatic heterocycles. The van der Waals surface area contributed by atoms with Crippen LogP contribution in [0.1, 0.15) is 68.1 Å². The van der Waals surface area contributed by atoms with E-state index in [0.29, 0.717) is 18.2 Å². The molecule has 3 rings (SSSR count). The van der Waals surface area contributed by atoms with Crippen LogP contribution < -0.4 is 4.90 Å². The fourth-order valence-corrected chi connectivity index (χ4v) is 3.92. The molecule has 0 aromatic heterocycles. The molecule has 2 aromatic rings. The molecular weight excluding hydrogens is 358 g/mol. The Kier molecular flexibility index (Phi) is 5.84. The van der Waals surface area contributed by atoms with Gasteiger partial charge in [-0.05, 0) is 80.6 Å². The van der Waals surface area contributed by atoms with Gasteiger partial charge in [0.05, 0.1) is 12.2 Å². The predicted octanol–water partition coefficient (Wildman–Crippen LogP) is 5.67. The van der Waals surface area contributed by atoms with E-state index in [4.69, 9.17) is 4.74 Å². The first-order valence-electron chi connectivity index (χ1n) is 10.1. The van der Waals surface area contributed by atoms with Gasteiger partial charge in [0.2, 0.25) is 0 Å². The molecule has 0 N–H and O–H groups in total. The van der Waals surface area contributed by atoms with Crippen molar-refractivity contribution in [1.82, 2.24) is 0 Å². The zero-order valence-electron chi connectivity index (χ0n) is 18.0. The Bertz CT molecular complexity index is 988. The topological polar surface area (TPSA) is 29.5 Å². The van der Waals surface area contributed by atoms with Crippen LogP contribution in [0.4, 0.5) is 5.69 Å². The molecular formula is C26H29NO2. The third-order valence-corrected chi connectivity index (χ3v) is 5.24. The Labute approximate surface area is 174 Å². The monoisotopic (exact) mass is 387 g/mol. The van der Waals surface area contributed by atoms with Crippen molar-refractivity contribution in [3.05, 3.63) is 77.0 Å². The van der Waals surface area contributed by atoms with Crippen molar-refractivity contribution in [1.29, 1.82) is 0 Å². The summed E-state index contributed by atoms with van der Waals surface area (Å²) in [6.45, 7) is 15.4. The van der Waals surface area contributed by atoms with Gasteiger partial charge in [-0.15, -0.1) is 0 Å². The summed E-state index contributed by atoms with van der Waals surface area (Å²) >= 11 is 0. The van der Waals surface area contributed by atoms with E-state index in [1.54, 1.807) is 19.1 Å². The van der Waals surface area contributed by atoms with Crippen LogP contribution in [0.3, 0.4) is 0 Å². The van der Waals surface area contributed by atoms with E-state index in [2.05, 4.69) is 69.2 Å². The molecule has 0 atom stereocenters. The predicted molar refractivity (Wildman–Crippen MR) is 119 cm³/mol. The second-order valence-electron chi connectivity index (χ2n) is 8.37. The van der Waals surface area contributed by atoms with Gasteiger partial charge in [0.15, 0.2) is 0 Å². The van der Waals surface area contributed by atoms with E-state index < -0.39 is 0 Å². The van der Waals surface area contributed by atoms with Crippen molar-refractivity contribution in [3.63, 3.8) is 0 Å². The summed E-state index contributed by atoms with van der Waals surface area (Å²) in [5.74, 6) is 6.17. The normalized spacial score (nSPS) is 14.8. The van der Waals surface area contributed by atoms with Crippen LogP contribution in [0.5, 0.6) is 0 Å². The second-order valence-corrected chi connectivity index (χ2v) is 8.37. The van der Waals surface area contributed by atoms with Crippen molar-refractivity contribution in [2.45, 2.75) is 52.5 Å². The first-order chi connectivity index (χ1) is 13.7. The van der Waals surface area contributed by atoms with Gasteiger partial charge in [-0.25, -0.2) is 4.79 Å². The lowest BCUT2D eigenvalue weighted by Crippen LogP contribution is -2.39. The van der Waals surface area contributed by atoms with Gasteiger partial charge >= 0.3 is 5.97 Å². The first kappa shape index (κ1) is 20.7. The summed E-state index contributed by atoms with van der Waals surface area (Å²) in [4.78, 5) is 14.1. The fraction of sp³-hybridized carbons (Fsp3) is 0.346. The van der Waals surface area contributed by atoms with Gasteiger partial charge in [-0.2, -0.15) is 0 Å². The zero-order chi connectivity index (χ0) is 21.2. The first-order valence-corrected chi connectivity index (χ1v) is 10.1. The summed E-state index contributed by atoms with van der Waals surface area (Å²) in [5.41, 5.74) is 6.12. The van der Waals surface area contributed by atoms with Crippen LogP contribution >= 0.6 is 0 Å². The number of benzene rings is 2. The molecule has 0 spiro atoms. The maximum Gasteiger partial charge on any atom is 0.338 e. The third-order valence-electron chi connectivity index (χ3n) is 5.24. The van der Waals surface area contributed by atoms with Crippen LogP contribution in [-0.2, 0) is 10.2 Å². The van der Waals surface area contributed by atoms with Gasteiger partial charge in [-0.3, -0.25) is 0 Å². The SMILES string of the molecule is C=C1CC(C)(C)c2cc(C#Cc3ccc(C(=O)OCC)cc3)ccc2N1C(C)C. The number of ether oxygens (including phenoxy) is 1. The second kappa shape index (κ2) is 8.17. The van der Waals surface area contributed by atoms with Crippen molar-refractivity contribution < 1.29 is 9.53 Å². The summed E-state index contributed by atoms with van der Waals surface area (Å²) in [6, 6.07) is 14.0. The summed E-state index contributed by atoms with van der Waals surface area (Å²) < 4.78 is 5.02. The Balaban J connectivity index is 1.89. The highest BCUT2D eigenvalue weighted by Crippen LogP contribution is 2.44. The molecule has 0 unspecified atom stereocenters. The Morgan fingerprint density at radius 2 is 1.76 bits per heavy atom. The van der Waals surface area contributed by atoms with E-state index in [9.17, 15) is 4.79 Å². The van der Waals surface area contributed by atoms with Crippen LogP contribution in [0.2, 0.25) is 0 Å². The molecule has 0 radical (unpaired) electrons. The highest BCUT2D eigenvalue weighted by atomic mass is 16.5. The summed E-state index contributed by atoms with van der Waals surface area (Å²) in [5, 5.41) is 0. The molecule has 150 valence electrons. The number of allylic oxidation sites excluding steroid dienone is 1. The molecule has 0 saturated carbocycles. The Morgan fingerprint density at radius 1 is 1.14 bits per heavy atom. The average Bonchev–Trinajstić information content (AvgIpc) is 2.66. The van der Waals surface area contributed by atoms with Crippen molar-refractivity contribution >= 4 is 11.7 Å². The van der Waals surface area contributed by atoms with Crippen molar-refractivity contribution in [2.75, 3.05) is 11.5 Å². The average molecular weight is 388 g/mol. The highest BCUT2D eigenvalue weighted by Gasteiger charge is 2.34. The molecule has 0 aliphatic carbocycles. The Hall–Kier alpha value is -2.99. The maximum atomic E-state index is 11.8. The fourth-order valence-electron chi connectivity index (χ4n) is 3.92. The van der Waals surface area contributed by atoms with E-state index in [0.717, 1.165) is 23.2 Å². The Morgan fingerprint density at radius 3 is 2.38 bits per heavy atom. The molecule has 2 aromatic carbocycles. The van der Waals surface area contributed by atoms with Gasteiger partial charge in [-0.1, -0.05) is 32.3 Å². The molecule has 0 bridgehead atoms. The third kappa shape index (κ3) is 4.38. The number of fused-ring (bicyclic) bond motifs is 1. The number of carbonyl (C=O) groups is 1. The number of anilines is 1. The lowest BCUT2D eigenvalue weighted by atomic mass is 9.75. The minimum atomic E-state index is -0.305. The number of nitrogens with zero attached hydrogens (tertiary/aromatic N) is 1. The molecule has 3 nitrogen and oxygen atoms in total. The molecule has 0 saturated heterocycles. The minimum Gasteiger partial charge on any atom is -0.462 e. The highest BCUT2D eigenvalue weighted by molar-refractivity contribution is 5.89. The molecule has 3 heteroatoms. The summed E-state index contributed by atoms with van der Waals surface area (Å²) in [7, 11) is 0. The quantitative estimate of drug-likeness (QED) is 0.502. The van der Waals surface area contributed by atoms with Crippen LogP contribution in [0.25, 0.3) is 0 Å². The van der Waals surface area contributed by atoms with Gasteiger partial charge in [0.25, 0.3) is 0 Å². The zero-order valence-corrected chi connectivity index (χ0v) is 18.0. The number of carbonyl (C=O) groups excluding carboxylic acids is 1. The number of esters is 1. The van der Waals surface area contributed by atoms with Crippen molar-refractivity contribution in [2.24, 2.45) is 0 Å². The molecule has 0 amide bonds. The minimum absolute atomic E-state index is 0.0246. The van der Waals surface area contributed by atoms with E-state index in [1.807, 2.05) is 12.1 Å². The van der Waals surface area contributed by atoms with Crippen molar-refractivity contribution in [3.8, 4) is 11.8 Å². The molecule has 1 heterocycles. The lowest BCUT2D eigenvalue weighted by molar-refractivity contribution is 0.0526. The smallest absolute Gasteiger partial charge is 0.338 e. The van der Waals surface area contributed by atoms with Crippen LogP contribution in [-0.4, -0.2) is 18.6 Å². The van der Waals surface area contributed by atoms with Gasteiger partial charge < -0.3 is 9.64 Å². The van der Waals surface area contributed by atoms with E-state index in [1.165, 1.54) is 11.3 Å². The summed E-state index contributed by atoms with van der Waals surface area (Å²) in [6.07, 6.45) is 0.935. The van der Waals surface area contributed by atoms with Gasteiger partial charge in [0, 0.05) is 28.6 Å². The van der Waals surface area contributed by atoms with Gasteiger partial charge in [0.1, 0.15) is 0 Å². The van der Waals surface area contributed by atoms with Crippen LogP contribution in [0.15, 0.2) is 54.7 Å². The van der Waals surface area contributed by atoms with E-state index in [-0.39, 0.29) is 11.4 Å². The van der Waals surface area contributed by atoms with Crippen LogP contribution in [0, 0.1) is 11.8 Å². The lowest BCUT2D eigenvalue weighted by Gasteiger charge is -2.43. The molecule has 29 heavy (non-hydrogen) atoms. The van der Waals surface area contributed by atoms with E-state index >= 15 is 0 Å². The maximum absolute atomic E-state index is 11.8. The largest absolute Gasteiger partial charge is 0.462 e.